The maximum Gasteiger partial charge on any atom is 0.272 e. The summed E-state index contributed by atoms with van der Waals surface area (Å²) < 4.78 is 5.42. The number of para-hydroxylation sites is 1. The first-order valence-electron chi connectivity index (χ1n) is 8.03. The molecule has 4 aromatic rings. The number of fused-ring (bicyclic) bond motifs is 1. The van der Waals surface area contributed by atoms with Crippen LogP contribution in [0, 0.1) is 6.92 Å². The number of furan rings is 1. The highest BCUT2D eigenvalue weighted by atomic mass is 32.1. The Morgan fingerprint density at radius 2 is 2.12 bits per heavy atom. The van der Waals surface area contributed by atoms with Gasteiger partial charge in [-0.1, -0.05) is 18.2 Å². The first-order chi connectivity index (χ1) is 12.7. The molecular formula is C20H15N3O2S. The van der Waals surface area contributed by atoms with E-state index in [1.54, 1.807) is 35.9 Å². The molecule has 0 unspecified atom stereocenters. The molecule has 4 rings (SSSR count). The van der Waals surface area contributed by atoms with Crippen molar-refractivity contribution < 1.29 is 9.21 Å². The van der Waals surface area contributed by atoms with E-state index in [1.165, 1.54) is 0 Å². The lowest BCUT2D eigenvalue weighted by Gasteiger charge is -2.07. The van der Waals surface area contributed by atoms with E-state index in [1.807, 2.05) is 48.7 Å². The number of hydrogen-bond donors (Lipinski definition) is 1. The molecule has 0 saturated heterocycles. The highest BCUT2D eigenvalue weighted by molar-refractivity contribution is 7.11. The Morgan fingerprint density at radius 1 is 1.23 bits per heavy atom. The Morgan fingerprint density at radius 3 is 2.88 bits per heavy atom. The van der Waals surface area contributed by atoms with Gasteiger partial charge in [0.2, 0.25) is 0 Å². The average molecular weight is 361 g/mol. The number of hydrazone groups is 1. The summed E-state index contributed by atoms with van der Waals surface area (Å²) in [4.78, 5) is 18.3. The second-order valence-electron chi connectivity index (χ2n) is 5.72. The molecule has 1 amide bonds. The van der Waals surface area contributed by atoms with Crippen molar-refractivity contribution in [1.29, 1.82) is 0 Å². The smallest absolute Gasteiger partial charge is 0.272 e. The number of aryl methyl sites for hydroxylation is 1. The Bertz CT molecular complexity index is 1100. The third-order valence-corrected chi connectivity index (χ3v) is 4.94. The van der Waals surface area contributed by atoms with Crippen LogP contribution in [-0.2, 0) is 0 Å². The van der Waals surface area contributed by atoms with E-state index < -0.39 is 0 Å². The predicted octanol–water partition coefficient (Wildman–Crippen LogP) is 4.63. The largest absolute Gasteiger partial charge is 0.463 e. The van der Waals surface area contributed by atoms with Gasteiger partial charge in [0.15, 0.2) is 5.76 Å². The summed E-state index contributed by atoms with van der Waals surface area (Å²) >= 11 is 1.58. The van der Waals surface area contributed by atoms with E-state index in [4.69, 9.17) is 4.42 Å². The minimum absolute atomic E-state index is 0.290. The molecule has 0 aliphatic rings. The van der Waals surface area contributed by atoms with Crippen LogP contribution < -0.4 is 5.43 Å². The van der Waals surface area contributed by atoms with Gasteiger partial charge in [-0.05, 0) is 48.2 Å². The Hall–Kier alpha value is -3.25. The van der Waals surface area contributed by atoms with Gasteiger partial charge in [0.1, 0.15) is 5.69 Å². The Kier molecular flexibility index (Phi) is 4.33. The van der Waals surface area contributed by atoms with Crippen molar-refractivity contribution in [2.75, 3.05) is 0 Å². The number of carbonyl (C=O) groups is 1. The molecule has 3 aromatic heterocycles. The normalized spacial score (nSPS) is 11.3. The molecule has 0 atom stereocenters. The van der Waals surface area contributed by atoms with E-state index in [2.05, 4.69) is 15.5 Å². The standard InChI is InChI=1S/C20H15N3O2S/c1-13-8-10-26-19(13)12-21-23-20(24)15-11-17(18-7-4-9-25-18)22-16-6-3-2-5-14(15)16/h2-12H,1H3,(H,23,24)/b21-12+. The minimum Gasteiger partial charge on any atom is -0.463 e. The van der Waals surface area contributed by atoms with Crippen molar-refractivity contribution in [2.45, 2.75) is 6.92 Å². The SMILES string of the molecule is Cc1ccsc1/C=N/NC(=O)c1cc(-c2ccco2)nc2ccccc12. The fraction of sp³-hybridized carbons (Fsp3) is 0.0500. The van der Waals surface area contributed by atoms with Crippen molar-refractivity contribution in [2.24, 2.45) is 5.10 Å². The van der Waals surface area contributed by atoms with Gasteiger partial charge < -0.3 is 4.42 Å². The van der Waals surface area contributed by atoms with Crippen molar-refractivity contribution in [3.63, 3.8) is 0 Å². The second kappa shape index (κ2) is 6.93. The summed E-state index contributed by atoms with van der Waals surface area (Å²) in [7, 11) is 0. The molecule has 1 N–H and O–H groups in total. The van der Waals surface area contributed by atoms with Crippen LogP contribution in [0.2, 0.25) is 0 Å². The van der Waals surface area contributed by atoms with E-state index in [0.717, 1.165) is 21.3 Å². The summed E-state index contributed by atoms with van der Waals surface area (Å²) in [5, 5.41) is 6.85. The number of thiophene rings is 1. The van der Waals surface area contributed by atoms with Crippen LogP contribution in [0.4, 0.5) is 0 Å². The summed E-state index contributed by atoms with van der Waals surface area (Å²) in [5.41, 5.74) is 5.57. The molecule has 5 nitrogen and oxygen atoms in total. The van der Waals surface area contributed by atoms with Crippen molar-refractivity contribution in [3.05, 3.63) is 76.2 Å². The first-order valence-corrected chi connectivity index (χ1v) is 8.91. The molecule has 0 aliphatic carbocycles. The number of amides is 1. The van der Waals surface area contributed by atoms with Crippen molar-refractivity contribution in [1.82, 2.24) is 10.4 Å². The third-order valence-electron chi connectivity index (χ3n) is 3.98. The van der Waals surface area contributed by atoms with E-state index in [9.17, 15) is 4.79 Å². The zero-order valence-electron chi connectivity index (χ0n) is 14.0. The van der Waals surface area contributed by atoms with Gasteiger partial charge in [0, 0.05) is 10.3 Å². The molecule has 26 heavy (non-hydrogen) atoms. The quantitative estimate of drug-likeness (QED) is 0.426. The molecule has 0 saturated carbocycles. The molecule has 0 bridgehead atoms. The number of aromatic nitrogens is 1. The fourth-order valence-corrected chi connectivity index (χ4v) is 3.43. The van der Waals surface area contributed by atoms with E-state index in [-0.39, 0.29) is 5.91 Å². The van der Waals surface area contributed by atoms with Crippen LogP contribution in [0.5, 0.6) is 0 Å². The van der Waals surface area contributed by atoms with Gasteiger partial charge in [-0.2, -0.15) is 5.10 Å². The van der Waals surface area contributed by atoms with Crippen LogP contribution in [-0.4, -0.2) is 17.1 Å². The highest BCUT2D eigenvalue weighted by Crippen LogP contribution is 2.25. The lowest BCUT2D eigenvalue weighted by molar-refractivity contribution is 0.0956. The Balaban J connectivity index is 1.69. The molecule has 0 fully saturated rings. The van der Waals surface area contributed by atoms with Crippen LogP contribution in [0.25, 0.3) is 22.4 Å². The van der Waals surface area contributed by atoms with Crippen molar-refractivity contribution >= 4 is 34.4 Å². The average Bonchev–Trinajstić information content (AvgIpc) is 3.33. The van der Waals surface area contributed by atoms with Crippen LogP contribution in [0.3, 0.4) is 0 Å². The fourth-order valence-electron chi connectivity index (χ4n) is 2.64. The monoisotopic (exact) mass is 361 g/mol. The molecule has 6 heteroatoms. The molecule has 1 aromatic carbocycles. The van der Waals surface area contributed by atoms with E-state index in [0.29, 0.717) is 17.0 Å². The van der Waals surface area contributed by atoms with Gasteiger partial charge in [0.25, 0.3) is 5.91 Å². The van der Waals surface area contributed by atoms with Gasteiger partial charge in [-0.25, -0.2) is 10.4 Å². The summed E-state index contributed by atoms with van der Waals surface area (Å²) in [6.07, 6.45) is 3.24. The summed E-state index contributed by atoms with van der Waals surface area (Å²) in [5.74, 6) is 0.323. The molecule has 3 heterocycles. The number of nitrogens with zero attached hydrogens (tertiary/aromatic N) is 2. The molecule has 0 aliphatic heterocycles. The van der Waals surface area contributed by atoms with Gasteiger partial charge in [-0.15, -0.1) is 11.3 Å². The summed E-state index contributed by atoms with van der Waals surface area (Å²) in [6.45, 7) is 2.01. The number of rotatable bonds is 4. The highest BCUT2D eigenvalue weighted by Gasteiger charge is 2.14. The zero-order valence-corrected chi connectivity index (χ0v) is 14.8. The topological polar surface area (TPSA) is 67.5 Å². The number of pyridine rings is 1. The zero-order chi connectivity index (χ0) is 17.9. The number of hydrogen-bond acceptors (Lipinski definition) is 5. The van der Waals surface area contributed by atoms with E-state index >= 15 is 0 Å². The number of nitrogens with one attached hydrogen (secondary N) is 1. The first kappa shape index (κ1) is 16.2. The van der Waals surface area contributed by atoms with Crippen molar-refractivity contribution in [3.8, 4) is 11.5 Å². The van der Waals surface area contributed by atoms with Gasteiger partial charge >= 0.3 is 0 Å². The molecule has 128 valence electrons. The lowest BCUT2D eigenvalue weighted by Crippen LogP contribution is -2.18. The van der Waals surface area contributed by atoms with Gasteiger partial charge in [-0.3, -0.25) is 4.79 Å². The maximum absolute atomic E-state index is 12.7. The maximum atomic E-state index is 12.7. The van der Waals surface area contributed by atoms with Crippen LogP contribution in [0.15, 0.2) is 69.7 Å². The molecular weight excluding hydrogens is 346 g/mol. The summed E-state index contributed by atoms with van der Waals surface area (Å²) in [6, 6.07) is 14.9. The number of carbonyl (C=O) groups excluding carboxylic acids is 1. The second-order valence-corrected chi connectivity index (χ2v) is 6.66. The third kappa shape index (κ3) is 3.14. The Labute approximate surface area is 154 Å². The number of benzene rings is 1. The molecule has 0 spiro atoms. The van der Waals surface area contributed by atoms with Gasteiger partial charge in [0.05, 0.1) is 23.6 Å². The lowest BCUT2D eigenvalue weighted by atomic mass is 10.1. The van der Waals surface area contributed by atoms with Crippen LogP contribution >= 0.6 is 11.3 Å². The minimum atomic E-state index is -0.290. The predicted molar refractivity (Wildman–Crippen MR) is 104 cm³/mol. The van der Waals surface area contributed by atoms with Crippen LogP contribution in [0.1, 0.15) is 20.8 Å². The molecule has 0 radical (unpaired) electrons.